The molecular weight excluding hydrogens is 364 g/mol. The number of hydrogen-bond acceptors (Lipinski definition) is 7. The van der Waals surface area contributed by atoms with Crippen LogP contribution in [0.4, 0.5) is 0 Å². The van der Waals surface area contributed by atoms with Crippen LogP contribution in [-0.2, 0) is 4.79 Å². The molecule has 4 rings (SSSR count). The zero-order chi connectivity index (χ0) is 19.8. The molecule has 7 nitrogen and oxygen atoms in total. The number of ether oxygens (including phenoxy) is 6. The van der Waals surface area contributed by atoms with Gasteiger partial charge in [-0.15, -0.1) is 0 Å². The molecule has 2 aromatic rings. The van der Waals surface area contributed by atoms with Gasteiger partial charge in [-0.05, 0) is 12.1 Å². The van der Waals surface area contributed by atoms with Gasteiger partial charge in [0.15, 0.2) is 28.8 Å². The number of carbonyl (C=O) groups is 1. The molecule has 2 heterocycles. The predicted molar refractivity (Wildman–Crippen MR) is 101 cm³/mol. The number of Topliss-reactive ketones (excluding diaryl/α,β-unsaturated/α-hetero) is 1. The van der Waals surface area contributed by atoms with Crippen molar-refractivity contribution in [2.24, 2.45) is 0 Å². The van der Waals surface area contributed by atoms with E-state index in [4.69, 9.17) is 28.4 Å². The molecule has 2 atom stereocenters. The molecule has 0 radical (unpaired) electrons. The predicted octanol–water partition coefficient (Wildman–Crippen LogP) is 2.94. The van der Waals surface area contributed by atoms with Crippen LogP contribution in [0.25, 0.3) is 0 Å². The van der Waals surface area contributed by atoms with E-state index >= 15 is 0 Å². The van der Waals surface area contributed by atoms with E-state index in [0.29, 0.717) is 34.5 Å². The minimum Gasteiger partial charge on any atom is -0.497 e. The van der Waals surface area contributed by atoms with Crippen molar-refractivity contribution in [3.8, 4) is 34.5 Å². The Hall–Kier alpha value is -3.09. The zero-order valence-corrected chi connectivity index (χ0v) is 16.2. The summed E-state index contributed by atoms with van der Waals surface area (Å²) in [5.74, 6) is 2.66. The average Bonchev–Trinajstić information content (AvgIpc) is 3.35. The van der Waals surface area contributed by atoms with Crippen molar-refractivity contribution in [1.82, 2.24) is 0 Å². The summed E-state index contributed by atoms with van der Waals surface area (Å²) < 4.78 is 33.1. The van der Waals surface area contributed by atoms with Crippen LogP contribution in [-0.4, -0.2) is 47.4 Å². The van der Waals surface area contributed by atoms with Gasteiger partial charge >= 0.3 is 0 Å². The third-order valence-corrected chi connectivity index (χ3v) is 5.25. The molecule has 28 heavy (non-hydrogen) atoms. The third-order valence-electron chi connectivity index (χ3n) is 5.25. The molecule has 0 saturated carbocycles. The Morgan fingerprint density at radius 2 is 1.18 bits per heavy atom. The van der Waals surface area contributed by atoms with Crippen molar-refractivity contribution in [1.29, 1.82) is 0 Å². The summed E-state index contributed by atoms with van der Waals surface area (Å²) in [4.78, 5) is 13.4. The highest BCUT2D eigenvalue weighted by Crippen LogP contribution is 2.49. The fourth-order valence-electron chi connectivity index (χ4n) is 3.79. The Balaban J connectivity index is 1.71. The van der Waals surface area contributed by atoms with E-state index in [9.17, 15) is 4.79 Å². The van der Waals surface area contributed by atoms with Crippen molar-refractivity contribution >= 4 is 5.78 Å². The Kier molecular flexibility index (Phi) is 4.66. The van der Waals surface area contributed by atoms with Crippen LogP contribution in [0.3, 0.4) is 0 Å². The number of fused-ring (bicyclic) bond motifs is 2. The van der Waals surface area contributed by atoms with Gasteiger partial charge in [0.2, 0.25) is 0 Å². The smallest absolute Gasteiger partial charge is 0.165 e. The topological polar surface area (TPSA) is 72.5 Å². The minimum absolute atomic E-state index is 0.0168. The van der Waals surface area contributed by atoms with Crippen molar-refractivity contribution in [2.75, 3.05) is 41.7 Å². The summed E-state index contributed by atoms with van der Waals surface area (Å²) in [6.07, 6.45) is 0. The minimum atomic E-state index is -0.434. The lowest BCUT2D eigenvalue weighted by atomic mass is 9.85. The quantitative estimate of drug-likeness (QED) is 0.756. The van der Waals surface area contributed by atoms with Crippen LogP contribution < -0.4 is 28.4 Å². The standard InChI is InChI=1S/C21H22O7/c1-23-11-5-13-15(9-27-20(13)17(7-11)25-3)19(22)16-10-28-21-14(16)6-12(24-2)8-18(21)26-4/h5-8,15-16H,9-10H2,1-4H3. The van der Waals surface area contributed by atoms with Crippen LogP contribution in [0.15, 0.2) is 24.3 Å². The van der Waals surface area contributed by atoms with E-state index in [1.165, 1.54) is 0 Å². The molecule has 2 aliphatic heterocycles. The summed E-state index contributed by atoms with van der Waals surface area (Å²) in [6, 6.07) is 7.15. The van der Waals surface area contributed by atoms with E-state index < -0.39 is 11.8 Å². The Bertz CT molecular complexity index is 848. The number of methoxy groups -OCH3 is 4. The largest absolute Gasteiger partial charge is 0.497 e. The first-order valence-corrected chi connectivity index (χ1v) is 8.92. The van der Waals surface area contributed by atoms with Gasteiger partial charge in [0.05, 0.1) is 40.3 Å². The van der Waals surface area contributed by atoms with Gasteiger partial charge in [-0.3, -0.25) is 4.79 Å². The third kappa shape index (κ3) is 2.78. The summed E-state index contributed by atoms with van der Waals surface area (Å²) in [5.41, 5.74) is 1.54. The van der Waals surface area contributed by atoms with Crippen LogP contribution >= 0.6 is 0 Å². The molecule has 0 spiro atoms. The van der Waals surface area contributed by atoms with E-state index in [1.54, 1.807) is 40.6 Å². The average molecular weight is 386 g/mol. The van der Waals surface area contributed by atoms with E-state index in [2.05, 4.69) is 0 Å². The maximum absolute atomic E-state index is 13.4. The van der Waals surface area contributed by atoms with Crippen LogP contribution in [0.5, 0.6) is 34.5 Å². The lowest BCUT2D eigenvalue weighted by molar-refractivity contribution is -0.122. The van der Waals surface area contributed by atoms with Crippen molar-refractivity contribution in [3.05, 3.63) is 35.4 Å². The molecule has 0 bridgehead atoms. The number of benzene rings is 2. The van der Waals surface area contributed by atoms with Gasteiger partial charge in [0.1, 0.15) is 24.7 Å². The second kappa shape index (κ2) is 7.14. The molecular formula is C21H22O7. The first-order valence-electron chi connectivity index (χ1n) is 8.92. The second-order valence-corrected chi connectivity index (χ2v) is 6.63. The molecule has 2 aromatic carbocycles. The Morgan fingerprint density at radius 1 is 0.750 bits per heavy atom. The van der Waals surface area contributed by atoms with Gasteiger partial charge < -0.3 is 28.4 Å². The molecule has 7 heteroatoms. The molecule has 0 N–H and O–H groups in total. The fourth-order valence-corrected chi connectivity index (χ4v) is 3.79. The first kappa shape index (κ1) is 18.3. The number of carbonyl (C=O) groups excluding carboxylic acids is 1. The van der Waals surface area contributed by atoms with Gasteiger partial charge in [-0.1, -0.05) is 0 Å². The lowest BCUT2D eigenvalue weighted by Gasteiger charge is -2.15. The summed E-state index contributed by atoms with van der Waals surface area (Å²) in [5, 5.41) is 0. The highest BCUT2D eigenvalue weighted by Gasteiger charge is 2.41. The summed E-state index contributed by atoms with van der Waals surface area (Å²) in [7, 11) is 6.28. The Labute approximate surface area is 163 Å². The van der Waals surface area contributed by atoms with Gasteiger partial charge in [-0.2, -0.15) is 0 Å². The second-order valence-electron chi connectivity index (χ2n) is 6.63. The molecule has 2 aliphatic rings. The van der Waals surface area contributed by atoms with Crippen LogP contribution in [0, 0.1) is 0 Å². The van der Waals surface area contributed by atoms with E-state index in [0.717, 1.165) is 11.1 Å². The van der Waals surface area contributed by atoms with Gasteiger partial charge in [-0.25, -0.2) is 0 Å². The highest BCUT2D eigenvalue weighted by atomic mass is 16.5. The van der Waals surface area contributed by atoms with Crippen LogP contribution in [0.1, 0.15) is 23.0 Å². The van der Waals surface area contributed by atoms with E-state index in [-0.39, 0.29) is 19.0 Å². The number of ketones is 1. The number of hydrogen-bond donors (Lipinski definition) is 0. The molecule has 0 saturated heterocycles. The summed E-state index contributed by atoms with van der Waals surface area (Å²) >= 11 is 0. The van der Waals surface area contributed by atoms with Crippen molar-refractivity contribution in [3.63, 3.8) is 0 Å². The Morgan fingerprint density at radius 3 is 1.54 bits per heavy atom. The van der Waals surface area contributed by atoms with Gasteiger partial charge in [0.25, 0.3) is 0 Å². The van der Waals surface area contributed by atoms with Gasteiger partial charge in [0, 0.05) is 23.3 Å². The molecule has 0 fully saturated rings. The molecule has 0 aromatic heterocycles. The SMILES string of the molecule is COc1cc(OC)c2c(c1)C(C(=O)C1COc3c(OC)cc(OC)cc31)CO2. The van der Waals surface area contributed by atoms with Crippen molar-refractivity contribution < 1.29 is 33.2 Å². The fraction of sp³-hybridized carbons (Fsp3) is 0.381. The summed E-state index contributed by atoms with van der Waals surface area (Å²) in [6.45, 7) is 0.509. The normalized spacial score (nSPS) is 19.1. The maximum Gasteiger partial charge on any atom is 0.165 e. The first-order chi connectivity index (χ1) is 13.6. The van der Waals surface area contributed by atoms with Crippen LogP contribution in [0.2, 0.25) is 0 Å². The highest BCUT2D eigenvalue weighted by molar-refractivity contribution is 5.95. The lowest BCUT2D eigenvalue weighted by Crippen LogP contribution is -2.23. The van der Waals surface area contributed by atoms with E-state index in [1.807, 2.05) is 12.1 Å². The number of rotatable bonds is 6. The van der Waals surface area contributed by atoms with Crippen molar-refractivity contribution in [2.45, 2.75) is 11.8 Å². The molecule has 0 amide bonds. The molecule has 0 aliphatic carbocycles. The maximum atomic E-state index is 13.4. The molecule has 148 valence electrons. The monoisotopic (exact) mass is 386 g/mol. The molecule has 2 unspecified atom stereocenters. The zero-order valence-electron chi connectivity index (χ0n) is 16.2.